The molecule has 0 saturated carbocycles. The van der Waals surface area contributed by atoms with E-state index >= 15 is 0 Å². The van der Waals surface area contributed by atoms with Crippen molar-refractivity contribution in [1.82, 2.24) is 0 Å². The van der Waals surface area contributed by atoms with Crippen molar-refractivity contribution in [3.05, 3.63) is 30.1 Å². The third-order valence-electron chi connectivity index (χ3n) is 2.64. The molecule has 0 unspecified atom stereocenters. The van der Waals surface area contributed by atoms with E-state index in [0.717, 1.165) is 12.8 Å². The molecule has 0 bridgehead atoms. The van der Waals surface area contributed by atoms with Crippen LogP contribution in [-0.4, -0.2) is 25.7 Å². The first-order valence-corrected chi connectivity index (χ1v) is 6.33. The number of halogens is 1. The predicted octanol–water partition coefficient (Wildman–Crippen LogP) is 3.00. The summed E-state index contributed by atoms with van der Waals surface area (Å²) in [6.45, 7) is 5.20. The van der Waals surface area contributed by atoms with E-state index in [1.54, 1.807) is 17.0 Å². The summed E-state index contributed by atoms with van der Waals surface area (Å²) in [5.74, 6) is -0.570. The van der Waals surface area contributed by atoms with Crippen molar-refractivity contribution >= 4 is 11.7 Å². The number of unbranched alkanes of at least 4 members (excludes halogenated alkanes) is 1. The minimum atomic E-state index is -0.301. The van der Waals surface area contributed by atoms with E-state index in [1.165, 1.54) is 12.1 Å². The molecule has 0 radical (unpaired) electrons. The van der Waals surface area contributed by atoms with Gasteiger partial charge in [-0.1, -0.05) is 19.4 Å². The molecule has 0 saturated heterocycles. The highest BCUT2D eigenvalue weighted by molar-refractivity contribution is 5.75. The highest BCUT2D eigenvalue weighted by Gasteiger charge is 2.11. The summed E-state index contributed by atoms with van der Waals surface area (Å²) in [4.78, 5) is 13.4. The van der Waals surface area contributed by atoms with E-state index in [1.807, 2.05) is 13.8 Å². The number of esters is 1. The van der Waals surface area contributed by atoms with Crippen LogP contribution >= 0.6 is 0 Å². The molecule has 0 spiro atoms. The molecule has 0 atom stereocenters. The average molecular weight is 253 g/mol. The van der Waals surface area contributed by atoms with E-state index < -0.39 is 0 Å². The third kappa shape index (κ3) is 4.73. The number of hydrogen-bond donors (Lipinski definition) is 0. The highest BCUT2D eigenvalue weighted by atomic mass is 19.1. The minimum absolute atomic E-state index is 0.156. The van der Waals surface area contributed by atoms with Gasteiger partial charge in [-0.15, -0.1) is 0 Å². The maximum Gasteiger partial charge on any atom is 0.325 e. The molecule has 0 aliphatic carbocycles. The van der Waals surface area contributed by atoms with Crippen molar-refractivity contribution in [2.45, 2.75) is 26.7 Å². The molecule has 0 heterocycles. The zero-order valence-electron chi connectivity index (χ0n) is 11.0. The fourth-order valence-electron chi connectivity index (χ4n) is 1.59. The number of carbonyl (C=O) groups excluding carboxylic acids is 1. The van der Waals surface area contributed by atoms with Crippen molar-refractivity contribution in [2.24, 2.45) is 0 Å². The van der Waals surface area contributed by atoms with Crippen molar-refractivity contribution < 1.29 is 13.9 Å². The molecule has 1 rings (SSSR count). The maximum absolute atomic E-state index is 13.1. The topological polar surface area (TPSA) is 29.5 Å². The number of benzene rings is 1. The first kappa shape index (κ1) is 14.5. The Morgan fingerprint density at radius 2 is 2.17 bits per heavy atom. The van der Waals surface area contributed by atoms with Crippen LogP contribution in [0.25, 0.3) is 0 Å². The number of nitrogens with zero attached hydrogens (tertiary/aromatic N) is 1. The van der Waals surface area contributed by atoms with Gasteiger partial charge in [0, 0.05) is 12.2 Å². The number of carbonyl (C=O) groups is 1. The van der Waals surface area contributed by atoms with Gasteiger partial charge in [-0.2, -0.15) is 0 Å². The number of anilines is 1. The summed E-state index contributed by atoms with van der Waals surface area (Å²) < 4.78 is 18.2. The van der Waals surface area contributed by atoms with E-state index in [-0.39, 0.29) is 18.3 Å². The Morgan fingerprint density at radius 3 is 2.78 bits per heavy atom. The van der Waals surface area contributed by atoms with E-state index in [4.69, 9.17) is 4.74 Å². The second kappa shape index (κ2) is 7.69. The summed E-state index contributed by atoms with van der Waals surface area (Å²) in [5.41, 5.74) is 0.699. The molecule has 0 aliphatic heterocycles. The van der Waals surface area contributed by atoms with Crippen LogP contribution in [0.1, 0.15) is 26.7 Å². The summed E-state index contributed by atoms with van der Waals surface area (Å²) >= 11 is 0. The van der Waals surface area contributed by atoms with Crippen LogP contribution in [0.15, 0.2) is 24.3 Å². The van der Waals surface area contributed by atoms with Crippen LogP contribution in [-0.2, 0) is 9.53 Å². The van der Waals surface area contributed by atoms with Crippen molar-refractivity contribution in [3.63, 3.8) is 0 Å². The minimum Gasteiger partial charge on any atom is -0.464 e. The lowest BCUT2D eigenvalue weighted by molar-refractivity contribution is -0.142. The smallest absolute Gasteiger partial charge is 0.325 e. The Labute approximate surface area is 108 Å². The van der Waals surface area contributed by atoms with Crippen molar-refractivity contribution in [2.75, 3.05) is 24.6 Å². The normalized spacial score (nSPS) is 10.2. The second-order valence-electron chi connectivity index (χ2n) is 4.07. The Balaban J connectivity index is 2.54. The van der Waals surface area contributed by atoms with Gasteiger partial charge in [-0.25, -0.2) is 4.39 Å². The number of rotatable bonds is 7. The van der Waals surface area contributed by atoms with E-state index in [2.05, 4.69) is 0 Å². The third-order valence-corrected chi connectivity index (χ3v) is 2.64. The van der Waals surface area contributed by atoms with Gasteiger partial charge in [0.2, 0.25) is 0 Å². The molecule has 0 aliphatic rings. The van der Waals surface area contributed by atoms with Crippen LogP contribution in [0, 0.1) is 5.82 Å². The largest absolute Gasteiger partial charge is 0.464 e. The molecule has 100 valence electrons. The highest BCUT2D eigenvalue weighted by Crippen LogP contribution is 2.15. The average Bonchev–Trinajstić information content (AvgIpc) is 2.36. The Bertz CT molecular complexity index is 382. The Kier molecular flexibility index (Phi) is 6.19. The van der Waals surface area contributed by atoms with Crippen molar-refractivity contribution in [3.8, 4) is 0 Å². The zero-order chi connectivity index (χ0) is 13.4. The lowest BCUT2D eigenvalue weighted by Crippen LogP contribution is -2.31. The van der Waals surface area contributed by atoms with Gasteiger partial charge in [0.1, 0.15) is 12.4 Å². The number of ether oxygens (including phenoxy) is 1. The predicted molar refractivity (Wildman–Crippen MR) is 70.2 cm³/mol. The zero-order valence-corrected chi connectivity index (χ0v) is 11.0. The van der Waals surface area contributed by atoms with E-state index in [9.17, 15) is 9.18 Å². The van der Waals surface area contributed by atoms with Crippen LogP contribution in [0.4, 0.5) is 10.1 Å². The molecule has 1 aromatic rings. The molecule has 4 heteroatoms. The van der Waals surface area contributed by atoms with Gasteiger partial charge in [-0.3, -0.25) is 4.79 Å². The standard InChI is InChI=1S/C14H20FNO2/c1-3-5-9-18-14(17)11-16(4-2)13-8-6-7-12(15)10-13/h6-8,10H,3-5,9,11H2,1-2H3. The summed E-state index contributed by atoms with van der Waals surface area (Å²) in [5, 5.41) is 0. The monoisotopic (exact) mass is 253 g/mol. The lowest BCUT2D eigenvalue weighted by atomic mass is 10.2. The van der Waals surface area contributed by atoms with Crippen LogP contribution in [0.3, 0.4) is 0 Å². The molecule has 1 aromatic carbocycles. The SMILES string of the molecule is CCCCOC(=O)CN(CC)c1cccc(F)c1. The summed E-state index contributed by atoms with van der Waals surface area (Å²) in [7, 11) is 0. The first-order chi connectivity index (χ1) is 8.67. The molecular formula is C14H20FNO2. The van der Waals surface area contributed by atoms with Gasteiger partial charge in [0.25, 0.3) is 0 Å². The van der Waals surface area contributed by atoms with Crippen LogP contribution in [0.5, 0.6) is 0 Å². The second-order valence-corrected chi connectivity index (χ2v) is 4.07. The van der Waals surface area contributed by atoms with Gasteiger partial charge >= 0.3 is 5.97 Å². The lowest BCUT2D eigenvalue weighted by Gasteiger charge is -2.21. The van der Waals surface area contributed by atoms with Crippen LogP contribution < -0.4 is 4.90 Å². The number of likely N-dealkylation sites (N-methyl/N-ethyl adjacent to an activating group) is 1. The molecule has 3 nitrogen and oxygen atoms in total. The fraction of sp³-hybridized carbons (Fsp3) is 0.500. The number of hydrogen-bond acceptors (Lipinski definition) is 3. The molecule has 0 aromatic heterocycles. The quantitative estimate of drug-likeness (QED) is 0.552. The molecular weight excluding hydrogens is 233 g/mol. The maximum atomic E-state index is 13.1. The van der Waals surface area contributed by atoms with Gasteiger partial charge in [-0.05, 0) is 31.5 Å². The Morgan fingerprint density at radius 1 is 1.39 bits per heavy atom. The summed E-state index contributed by atoms with van der Waals surface area (Å²) in [6, 6.07) is 6.22. The van der Waals surface area contributed by atoms with E-state index in [0.29, 0.717) is 18.8 Å². The molecule has 0 amide bonds. The van der Waals surface area contributed by atoms with Crippen molar-refractivity contribution in [1.29, 1.82) is 0 Å². The Hall–Kier alpha value is -1.58. The van der Waals surface area contributed by atoms with Gasteiger partial charge in [0.15, 0.2) is 0 Å². The molecule has 0 N–H and O–H groups in total. The molecule has 18 heavy (non-hydrogen) atoms. The van der Waals surface area contributed by atoms with Gasteiger partial charge < -0.3 is 9.64 Å². The van der Waals surface area contributed by atoms with Gasteiger partial charge in [0.05, 0.1) is 6.61 Å². The molecule has 0 fully saturated rings. The fourth-order valence-corrected chi connectivity index (χ4v) is 1.59. The summed E-state index contributed by atoms with van der Waals surface area (Å²) in [6.07, 6.45) is 1.87. The van der Waals surface area contributed by atoms with Crippen LogP contribution in [0.2, 0.25) is 0 Å². The first-order valence-electron chi connectivity index (χ1n) is 6.33.